The second-order valence-corrected chi connectivity index (χ2v) is 9.32. The van der Waals surface area contributed by atoms with Gasteiger partial charge in [0.2, 0.25) is 0 Å². The van der Waals surface area contributed by atoms with Gasteiger partial charge in [0, 0.05) is 30.7 Å². The minimum atomic E-state index is 0.0432. The molecule has 1 saturated heterocycles. The number of rotatable bonds is 4. The Morgan fingerprint density at radius 1 is 1.09 bits per heavy atom. The highest BCUT2D eigenvalue weighted by molar-refractivity contribution is 6.06. The van der Waals surface area contributed by atoms with Crippen LogP contribution in [-0.4, -0.2) is 76.9 Å². The molecule has 0 bridgehead atoms. The number of pyridine rings is 1. The van der Waals surface area contributed by atoms with Crippen molar-refractivity contribution in [2.75, 3.05) is 40.4 Å². The lowest BCUT2D eigenvalue weighted by Crippen LogP contribution is -2.44. The van der Waals surface area contributed by atoms with E-state index in [0.29, 0.717) is 30.6 Å². The molecule has 5 rings (SSSR count). The van der Waals surface area contributed by atoms with Crippen molar-refractivity contribution in [1.29, 1.82) is 0 Å². The number of hydrogen-bond acceptors (Lipinski definition) is 6. The Labute approximate surface area is 194 Å². The third-order valence-electron chi connectivity index (χ3n) is 6.61. The SMILES string of the molecule is CC(C)n1ncc2c(C(=O)N3CCC(N(C)C)CC3)cc(-c3ccc4c(c3)OCCO4)nc21. The van der Waals surface area contributed by atoms with Crippen molar-refractivity contribution in [1.82, 2.24) is 24.6 Å². The third-order valence-corrected chi connectivity index (χ3v) is 6.61. The normalized spacial score (nSPS) is 16.7. The second kappa shape index (κ2) is 8.67. The molecule has 33 heavy (non-hydrogen) atoms. The van der Waals surface area contributed by atoms with Crippen molar-refractivity contribution < 1.29 is 14.3 Å². The quantitative estimate of drug-likeness (QED) is 0.606. The van der Waals surface area contributed by atoms with Gasteiger partial charge in [-0.05, 0) is 65.0 Å². The number of nitrogens with zero attached hydrogens (tertiary/aromatic N) is 5. The van der Waals surface area contributed by atoms with E-state index < -0.39 is 0 Å². The van der Waals surface area contributed by atoms with Gasteiger partial charge in [-0.3, -0.25) is 4.79 Å². The van der Waals surface area contributed by atoms with Crippen LogP contribution in [0.3, 0.4) is 0 Å². The zero-order valence-electron chi connectivity index (χ0n) is 19.7. The van der Waals surface area contributed by atoms with Crippen LogP contribution in [-0.2, 0) is 0 Å². The minimum Gasteiger partial charge on any atom is -0.486 e. The van der Waals surface area contributed by atoms with E-state index in [4.69, 9.17) is 14.5 Å². The molecule has 2 aliphatic heterocycles. The monoisotopic (exact) mass is 449 g/mol. The average Bonchev–Trinajstić information content (AvgIpc) is 3.27. The van der Waals surface area contributed by atoms with Gasteiger partial charge in [0.25, 0.3) is 5.91 Å². The number of hydrogen-bond donors (Lipinski definition) is 0. The maximum Gasteiger partial charge on any atom is 0.254 e. The van der Waals surface area contributed by atoms with Gasteiger partial charge >= 0.3 is 0 Å². The van der Waals surface area contributed by atoms with E-state index in [-0.39, 0.29) is 11.9 Å². The van der Waals surface area contributed by atoms with E-state index in [9.17, 15) is 4.79 Å². The number of aromatic nitrogens is 3. The summed E-state index contributed by atoms with van der Waals surface area (Å²) in [5.74, 6) is 1.48. The number of ether oxygens (including phenoxy) is 2. The summed E-state index contributed by atoms with van der Waals surface area (Å²) < 4.78 is 13.3. The number of carbonyl (C=O) groups is 1. The van der Waals surface area contributed by atoms with Gasteiger partial charge < -0.3 is 19.3 Å². The molecule has 8 nitrogen and oxygen atoms in total. The van der Waals surface area contributed by atoms with Gasteiger partial charge in [0.05, 0.1) is 22.8 Å². The Morgan fingerprint density at radius 3 is 2.52 bits per heavy atom. The van der Waals surface area contributed by atoms with E-state index in [1.54, 1.807) is 6.20 Å². The van der Waals surface area contributed by atoms with E-state index >= 15 is 0 Å². The number of fused-ring (bicyclic) bond motifs is 2. The summed E-state index contributed by atoms with van der Waals surface area (Å²) in [7, 11) is 4.21. The molecule has 0 radical (unpaired) electrons. The number of piperidine rings is 1. The second-order valence-electron chi connectivity index (χ2n) is 9.32. The van der Waals surface area contributed by atoms with Crippen LogP contribution in [0.5, 0.6) is 11.5 Å². The molecule has 0 saturated carbocycles. The van der Waals surface area contributed by atoms with E-state index in [2.05, 4.69) is 37.9 Å². The number of benzene rings is 1. The van der Waals surface area contributed by atoms with E-state index in [0.717, 1.165) is 54.0 Å². The molecule has 0 unspecified atom stereocenters. The lowest BCUT2D eigenvalue weighted by Gasteiger charge is -2.35. The molecule has 0 atom stereocenters. The van der Waals surface area contributed by atoms with Gasteiger partial charge in [-0.25, -0.2) is 9.67 Å². The van der Waals surface area contributed by atoms with Crippen molar-refractivity contribution in [2.45, 2.75) is 38.8 Å². The Morgan fingerprint density at radius 2 is 1.82 bits per heavy atom. The van der Waals surface area contributed by atoms with E-state index in [1.165, 1.54) is 0 Å². The fourth-order valence-electron chi connectivity index (χ4n) is 4.68. The molecule has 3 aromatic rings. The molecule has 1 amide bonds. The largest absolute Gasteiger partial charge is 0.486 e. The maximum atomic E-state index is 13.7. The Balaban J connectivity index is 1.56. The van der Waals surface area contributed by atoms with Gasteiger partial charge in [-0.15, -0.1) is 0 Å². The fraction of sp³-hybridized carbons (Fsp3) is 0.480. The molecular formula is C25H31N5O3. The molecular weight excluding hydrogens is 418 g/mol. The first kappa shape index (κ1) is 21.7. The van der Waals surface area contributed by atoms with Crippen LogP contribution in [0.4, 0.5) is 0 Å². The molecule has 4 heterocycles. The van der Waals surface area contributed by atoms with Crippen molar-refractivity contribution in [3.8, 4) is 22.8 Å². The standard InChI is InChI=1S/C25H31N5O3/c1-16(2)30-24-20(15-26-30)19(25(31)29-9-7-18(8-10-29)28(3)4)14-21(27-24)17-5-6-22-23(13-17)33-12-11-32-22/h5-6,13-16,18H,7-12H2,1-4H3. The smallest absolute Gasteiger partial charge is 0.254 e. The molecule has 2 aromatic heterocycles. The fourth-order valence-corrected chi connectivity index (χ4v) is 4.68. The first-order chi connectivity index (χ1) is 15.9. The van der Waals surface area contributed by atoms with Crippen LogP contribution >= 0.6 is 0 Å². The van der Waals surface area contributed by atoms with Crippen LogP contribution in [0, 0.1) is 0 Å². The summed E-state index contributed by atoms with van der Waals surface area (Å²) >= 11 is 0. The predicted molar refractivity (Wildman–Crippen MR) is 127 cm³/mol. The average molecular weight is 450 g/mol. The summed E-state index contributed by atoms with van der Waals surface area (Å²) in [6.45, 7) is 6.71. The van der Waals surface area contributed by atoms with Gasteiger partial charge in [-0.2, -0.15) is 5.10 Å². The van der Waals surface area contributed by atoms with Gasteiger partial charge in [0.1, 0.15) is 13.2 Å². The molecule has 0 spiro atoms. The van der Waals surface area contributed by atoms with Crippen LogP contribution in [0.15, 0.2) is 30.5 Å². The van der Waals surface area contributed by atoms with Crippen molar-refractivity contribution in [3.63, 3.8) is 0 Å². The molecule has 0 N–H and O–H groups in total. The zero-order chi connectivity index (χ0) is 23.1. The third kappa shape index (κ3) is 4.04. The van der Waals surface area contributed by atoms with Crippen LogP contribution in [0.2, 0.25) is 0 Å². The minimum absolute atomic E-state index is 0.0432. The van der Waals surface area contributed by atoms with Crippen molar-refractivity contribution >= 4 is 16.9 Å². The molecule has 1 fully saturated rings. The van der Waals surface area contributed by atoms with Crippen LogP contribution < -0.4 is 9.47 Å². The summed E-state index contributed by atoms with van der Waals surface area (Å²) in [5.41, 5.74) is 3.00. The number of amides is 1. The highest BCUT2D eigenvalue weighted by atomic mass is 16.6. The highest BCUT2D eigenvalue weighted by Gasteiger charge is 2.27. The maximum absolute atomic E-state index is 13.7. The number of carbonyl (C=O) groups excluding carboxylic acids is 1. The van der Waals surface area contributed by atoms with E-state index in [1.807, 2.05) is 33.8 Å². The van der Waals surface area contributed by atoms with Gasteiger partial charge in [0.15, 0.2) is 17.1 Å². The highest BCUT2D eigenvalue weighted by Crippen LogP contribution is 2.35. The Bertz CT molecular complexity index is 1180. The summed E-state index contributed by atoms with van der Waals surface area (Å²) in [6.07, 6.45) is 3.73. The van der Waals surface area contributed by atoms with Crippen molar-refractivity contribution in [3.05, 3.63) is 36.0 Å². The first-order valence-electron chi connectivity index (χ1n) is 11.7. The van der Waals surface area contributed by atoms with Crippen LogP contribution in [0.1, 0.15) is 43.1 Å². The van der Waals surface area contributed by atoms with Crippen LogP contribution in [0.25, 0.3) is 22.3 Å². The first-order valence-corrected chi connectivity index (χ1v) is 11.7. The summed E-state index contributed by atoms with van der Waals surface area (Å²) in [4.78, 5) is 22.8. The predicted octanol–water partition coefficient (Wildman–Crippen LogP) is 3.62. The van der Waals surface area contributed by atoms with Crippen molar-refractivity contribution in [2.24, 2.45) is 0 Å². The lowest BCUT2D eigenvalue weighted by atomic mass is 10.0. The molecule has 2 aliphatic rings. The van der Waals surface area contributed by atoms with Gasteiger partial charge in [-0.1, -0.05) is 0 Å². The zero-order valence-corrected chi connectivity index (χ0v) is 19.7. The molecule has 0 aliphatic carbocycles. The Kier molecular flexibility index (Phi) is 5.70. The summed E-state index contributed by atoms with van der Waals surface area (Å²) in [6, 6.07) is 8.36. The number of likely N-dealkylation sites (tertiary alicyclic amines) is 1. The molecule has 174 valence electrons. The summed E-state index contributed by atoms with van der Waals surface area (Å²) in [5, 5.41) is 5.35. The molecule has 1 aromatic carbocycles. The Hall–Kier alpha value is -3.13. The molecule has 8 heteroatoms. The lowest BCUT2D eigenvalue weighted by molar-refractivity contribution is 0.0665. The topological polar surface area (TPSA) is 72.7 Å².